The van der Waals surface area contributed by atoms with E-state index in [1.54, 1.807) is 17.1 Å². The lowest BCUT2D eigenvalue weighted by molar-refractivity contribution is 0.0677. The lowest BCUT2D eigenvalue weighted by atomic mass is 10.1. The van der Waals surface area contributed by atoms with Crippen LogP contribution in [-0.2, 0) is 13.6 Å². The van der Waals surface area contributed by atoms with Crippen LogP contribution in [0.3, 0.4) is 0 Å². The number of nitrogens with one attached hydrogen (secondary N) is 1. The summed E-state index contributed by atoms with van der Waals surface area (Å²) < 4.78 is 1.65. The fourth-order valence-electron chi connectivity index (χ4n) is 3.70. The zero-order valence-corrected chi connectivity index (χ0v) is 16.2. The van der Waals surface area contributed by atoms with Crippen LogP contribution in [-0.4, -0.2) is 60.3 Å². The van der Waals surface area contributed by atoms with Crippen LogP contribution < -0.4 is 0 Å². The Morgan fingerprint density at radius 3 is 2.71 bits per heavy atom. The summed E-state index contributed by atoms with van der Waals surface area (Å²) in [5, 5.41) is 11.4. The van der Waals surface area contributed by atoms with Gasteiger partial charge in [0.15, 0.2) is 5.82 Å². The minimum atomic E-state index is -0.154. The van der Waals surface area contributed by atoms with Gasteiger partial charge in [-0.3, -0.25) is 19.5 Å². The second-order valence-corrected chi connectivity index (χ2v) is 7.25. The number of amides is 1. The standard InChI is InChI=1S/C20H25N7O/c1-15-22-19(24-23-15)18-8-9-26(13-16-6-4-3-5-7-16)10-11-27(18)20(28)17-12-21-25(2)14-17/h3-7,12,14,18H,8-11,13H2,1-2H3,(H,22,23,24)/t18-/m0/s1. The Kier molecular flexibility index (Phi) is 5.21. The second kappa shape index (κ2) is 7.93. The van der Waals surface area contributed by atoms with Crippen LogP contribution in [0.25, 0.3) is 0 Å². The van der Waals surface area contributed by atoms with E-state index in [1.807, 2.05) is 24.9 Å². The largest absolute Gasteiger partial charge is 0.327 e. The molecule has 0 aliphatic carbocycles. The number of carbonyl (C=O) groups excluding carboxylic acids is 1. The molecule has 1 amide bonds. The zero-order chi connectivity index (χ0) is 19.5. The maximum absolute atomic E-state index is 13.2. The number of hydrogen-bond acceptors (Lipinski definition) is 5. The second-order valence-electron chi connectivity index (χ2n) is 7.25. The van der Waals surface area contributed by atoms with Crippen LogP contribution >= 0.6 is 0 Å². The quantitative estimate of drug-likeness (QED) is 0.749. The van der Waals surface area contributed by atoms with E-state index in [-0.39, 0.29) is 11.9 Å². The van der Waals surface area contributed by atoms with Crippen molar-refractivity contribution in [2.45, 2.75) is 25.9 Å². The van der Waals surface area contributed by atoms with Crippen LogP contribution in [0.5, 0.6) is 0 Å². The van der Waals surface area contributed by atoms with Gasteiger partial charge in [-0.15, -0.1) is 0 Å². The first-order valence-electron chi connectivity index (χ1n) is 9.55. The maximum atomic E-state index is 13.2. The molecule has 2 aromatic heterocycles. The van der Waals surface area contributed by atoms with Crippen LogP contribution in [0.2, 0.25) is 0 Å². The number of nitrogens with zero attached hydrogens (tertiary/aromatic N) is 6. The van der Waals surface area contributed by atoms with E-state index in [0.717, 1.165) is 31.9 Å². The fraction of sp³-hybridized carbons (Fsp3) is 0.400. The van der Waals surface area contributed by atoms with Crippen LogP contribution in [0.15, 0.2) is 42.7 Å². The van der Waals surface area contributed by atoms with Gasteiger partial charge in [0.2, 0.25) is 0 Å². The Bertz CT molecular complexity index is 933. The lowest BCUT2D eigenvalue weighted by Crippen LogP contribution is -2.37. The molecule has 0 unspecified atom stereocenters. The molecule has 0 bridgehead atoms. The molecule has 0 radical (unpaired) electrons. The molecule has 28 heavy (non-hydrogen) atoms. The van der Waals surface area contributed by atoms with Gasteiger partial charge in [0, 0.05) is 39.4 Å². The molecule has 4 rings (SSSR count). The summed E-state index contributed by atoms with van der Waals surface area (Å²) in [4.78, 5) is 22.0. The normalized spacial score (nSPS) is 18.2. The number of aromatic nitrogens is 5. The highest BCUT2D eigenvalue weighted by molar-refractivity contribution is 5.94. The van der Waals surface area contributed by atoms with Gasteiger partial charge >= 0.3 is 0 Å². The average Bonchev–Trinajstić information content (AvgIpc) is 3.26. The molecular formula is C20H25N7O. The van der Waals surface area contributed by atoms with Gasteiger partial charge in [0.25, 0.3) is 5.91 Å². The maximum Gasteiger partial charge on any atom is 0.257 e. The van der Waals surface area contributed by atoms with Crippen molar-refractivity contribution >= 4 is 5.91 Å². The van der Waals surface area contributed by atoms with Gasteiger partial charge in [-0.2, -0.15) is 10.2 Å². The Morgan fingerprint density at radius 2 is 2.04 bits per heavy atom. The molecular weight excluding hydrogens is 354 g/mol. The Hall–Kier alpha value is -3.00. The summed E-state index contributed by atoms with van der Waals surface area (Å²) in [6.07, 6.45) is 4.17. The number of aryl methyl sites for hydroxylation is 2. The van der Waals surface area contributed by atoms with Gasteiger partial charge in [-0.05, 0) is 18.9 Å². The van der Waals surface area contributed by atoms with Crippen molar-refractivity contribution in [3.63, 3.8) is 0 Å². The summed E-state index contributed by atoms with van der Waals surface area (Å²) >= 11 is 0. The van der Waals surface area contributed by atoms with Crippen LogP contribution in [0, 0.1) is 6.92 Å². The van der Waals surface area contributed by atoms with E-state index in [1.165, 1.54) is 5.56 Å². The predicted octanol–water partition coefficient (Wildman–Crippen LogP) is 1.94. The molecule has 1 aromatic carbocycles. The number of benzene rings is 1. The van der Waals surface area contributed by atoms with Crippen molar-refractivity contribution in [1.82, 2.24) is 34.8 Å². The molecule has 1 aliphatic heterocycles. The SMILES string of the molecule is Cc1nc([C@@H]2CCN(Cc3ccccc3)CCN2C(=O)c2cnn(C)c2)n[nH]1. The first-order valence-corrected chi connectivity index (χ1v) is 9.55. The number of aromatic amines is 1. The first kappa shape index (κ1) is 18.4. The molecule has 146 valence electrons. The van der Waals surface area contributed by atoms with E-state index in [0.29, 0.717) is 17.9 Å². The van der Waals surface area contributed by atoms with Crippen molar-refractivity contribution < 1.29 is 4.79 Å². The molecule has 1 atom stereocenters. The summed E-state index contributed by atoms with van der Waals surface area (Å²) in [5.74, 6) is 1.41. The van der Waals surface area contributed by atoms with E-state index in [2.05, 4.69) is 49.4 Å². The molecule has 8 nitrogen and oxygen atoms in total. The van der Waals surface area contributed by atoms with Crippen molar-refractivity contribution in [3.8, 4) is 0 Å². The van der Waals surface area contributed by atoms with Gasteiger partial charge < -0.3 is 4.90 Å². The fourth-order valence-corrected chi connectivity index (χ4v) is 3.70. The number of carbonyl (C=O) groups is 1. The molecule has 1 aliphatic rings. The highest BCUT2D eigenvalue weighted by atomic mass is 16.2. The highest BCUT2D eigenvalue weighted by Crippen LogP contribution is 2.27. The van der Waals surface area contributed by atoms with Gasteiger partial charge in [0.1, 0.15) is 5.82 Å². The monoisotopic (exact) mass is 379 g/mol. The molecule has 3 aromatic rings. The molecule has 1 N–H and O–H groups in total. The topological polar surface area (TPSA) is 82.9 Å². The van der Waals surface area contributed by atoms with Crippen molar-refractivity contribution in [2.24, 2.45) is 7.05 Å². The minimum Gasteiger partial charge on any atom is -0.327 e. The molecule has 3 heterocycles. The highest BCUT2D eigenvalue weighted by Gasteiger charge is 2.32. The van der Waals surface area contributed by atoms with Crippen molar-refractivity contribution in [2.75, 3.05) is 19.6 Å². The molecule has 8 heteroatoms. The summed E-state index contributed by atoms with van der Waals surface area (Å²) in [7, 11) is 1.82. The minimum absolute atomic E-state index is 0.0258. The Balaban J connectivity index is 1.57. The third-order valence-electron chi connectivity index (χ3n) is 5.13. The summed E-state index contributed by atoms with van der Waals surface area (Å²) in [6, 6.07) is 10.3. The van der Waals surface area contributed by atoms with Crippen LogP contribution in [0.4, 0.5) is 0 Å². The molecule has 1 saturated heterocycles. The van der Waals surface area contributed by atoms with Crippen molar-refractivity contribution in [3.05, 3.63) is 65.5 Å². The van der Waals surface area contributed by atoms with E-state index < -0.39 is 0 Å². The average molecular weight is 379 g/mol. The summed E-state index contributed by atoms with van der Waals surface area (Å²) in [6.45, 7) is 5.06. The van der Waals surface area contributed by atoms with Crippen molar-refractivity contribution in [1.29, 1.82) is 0 Å². The van der Waals surface area contributed by atoms with Crippen LogP contribution in [0.1, 0.15) is 40.0 Å². The third-order valence-corrected chi connectivity index (χ3v) is 5.13. The van der Waals surface area contributed by atoms with Gasteiger partial charge in [0.05, 0.1) is 17.8 Å². The lowest BCUT2D eigenvalue weighted by Gasteiger charge is -2.27. The van der Waals surface area contributed by atoms with Gasteiger partial charge in [-0.25, -0.2) is 4.98 Å². The first-order chi connectivity index (χ1) is 13.6. The van der Waals surface area contributed by atoms with E-state index in [9.17, 15) is 4.79 Å². The Labute approximate surface area is 164 Å². The zero-order valence-electron chi connectivity index (χ0n) is 16.2. The van der Waals surface area contributed by atoms with E-state index >= 15 is 0 Å². The van der Waals surface area contributed by atoms with Gasteiger partial charge in [-0.1, -0.05) is 30.3 Å². The predicted molar refractivity (Wildman–Crippen MR) is 104 cm³/mol. The Morgan fingerprint density at radius 1 is 1.21 bits per heavy atom. The summed E-state index contributed by atoms with van der Waals surface area (Å²) in [5.41, 5.74) is 1.87. The smallest absolute Gasteiger partial charge is 0.257 e. The number of rotatable bonds is 4. The van der Waals surface area contributed by atoms with E-state index in [4.69, 9.17) is 0 Å². The molecule has 0 spiro atoms. The molecule has 0 saturated carbocycles. The molecule has 1 fully saturated rings. The number of hydrogen-bond donors (Lipinski definition) is 1. The third kappa shape index (κ3) is 3.96. The number of H-pyrrole nitrogens is 1.